The van der Waals surface area contributed by atoms with Gasteiger partial charge in [0.25, 0.3) is 0 Å². The molecule has 15 rings (SSSR count). The first-order valence-electron chi connectivity index (χ1n) is 24.4. The van der Waals surface area contributed by atoms with Gasteiger partial charge in [-0.3, -0.25) is 0 Å². The lowest BCUT2D eigenvalue weighted by Gasteiger charge is -2.19. The highest BCUT2D eigenvalue weighted by Gasteiger charge is 2.26. The van der Waals surface area contributed by atoms with Gasteiger partial charge in [0.2, 0.25) is 5.71 Å². The zero-order chi connectivity index (χ0) is 47.4. The summed E-state index contributed by atoms with van der Waals surface area (Å²) < 4.78 is 11.4. The highest BCUT2D eigenvalue weighted by atomic mass is 32.1. The van der Waals surface area contributed by atoms with E-state index < -0.39 is 0 Å². The Morgan fingerprint density at radius 2 is 1.21 bits per heavy atom. The van der Waals surface area contributed by atoms with Gasteiger partial charge in [0.15, 0.2) is 0 Å². The molecular formula is C66H41N3OS2. The lowest BCUT2D eigenvalue weighted by Crippen LogP contribution is -2.03. The van der Waals surface area contributed by atoms with Gasteiger partial charge in [-0.25, -0.2) is 9.97 Å². The van der Waals surface area contributed by atoms with Crippen LogP contribution in [0.4, 0.5) is 0 Å². The minimum atomic E-state index is 0.542. The Kier molecular flexibility index (Phi) is 9.25. The summed E-state index contributed by atoms with van der Waals surface area (Å²) >= 11 is 3.65. The SMILES string of the molecule is Cc1ccccc1-c1c(Cc2nc3c(nc2-c2ccc(-c4cccs4)cc2)oc2ccccc23)c2sc3cc4ccccc4cc3c2c2ccc(-c3ccc4c5ccccc5n(-c5ccccc5)c4c3)cc12. The number of aryl methyl sites for hydroxylation is 1. The third kappa shape index (κ3) is 6.43. The number of hydrogen-bond donors (Lipinski definition) is 0. The van der Waals surface area contributed by atoms with E-state index in [-0.39, 0.29) is 0 Å². The molecule has 15 aromatic rings. The molecule has 4 nitrogen and oxygen atoms in total. The molecule has 0 unspecified atom stereocenters. The normalized spacial score (nSPS) is 12.0. The van der Waals surface area contributed by atoms with Crippen LogP contribution in [-0.2, 0) is 6.42 Å². The highest BCUT2D eigenvalue weighted by molar-refractivity contribution is 7.26. The van der Waals surface area contributed by atoms with Gasteiger partial charge in [-0.15, -0.1) is 22.7 Å². The molecule has 72 heavy (non-hydrogen) atoms. The molecule has 0 fully saturated rings. The summed E-state index contributed by atoms with van der Waals surface area (Å²) in [5.41, 5.74) is 16.8. The van der Waals surface area contributed by atoms with Crippen molar-refractivity contribution in [2.75, 3.05) is 0 Å². The monoisotopic (exact) mass is 955 g/mol. The number of nitrogens with zero attached hydrogens (tertiary/aromatic N) is 3. The van der Waals surface area contributed by atoms with Gasteiger partial charge in [-0.2, -0.15) is 0 Å². The summed E-state index contributed by atoms with van der Waals surface area (Å²) in [5, 5.41) is 13.0. The molecule has 0 atom stereocenters. The van der Waals surface area contributed by atoms with Gasteiger partial charge < -0.3 is 8.98 Å². The Morgan fingerprint density at radius 3 is 2.04 bits per heavy atom. The van der Waals surface area contributed by atoms with Crippen LogP contribution in [0.15, 0.2) is 222 Å². The second-order valence-electron chi connectivity index (χ2n) is 18.9. The summed E-state index contributed by atoms with van der Waals surface area (Å²) in [6.07, 6.45) is 0.542. The van der Waals surface area contributed by atoms with E-state index >= 15 is 0 Å². The Morgan fingerprint density at radius 1 is 0.514 bits per heavy atom. The maximum Gasteiger partial charge on any atom is 0.246 e. The van der Waals surface area contributed by atoms with E-state index in [1.807, 2.05) is 23.5 Å². The van der Waals surface area contributed by atoms with Crippen molar-refractivity contribution in [1.82, 2.24) is 14.5 Å². The molecule has 0 N–H and O–H groups in total. The van der Waals surface area contributed by atoms with Crippen LogP contribution in [0.25, 0.3) is 135 Å². The lowest BCUT2D eigenvalue weighted by atomic mass is 9.85. The largest absolute Gasteiger partial charge is 0.436 e. The quantitative estimate of drug-likeness (QED) is 0.160. The topological polar surface area (TPSA) is 43.9 Å². The van der Waals surface area contributed by atoms with Crippen molar-refractivity contribution in [2.45, 2.75) is 13.3 Å². The number of aromatic nitrogens is 3. The van der Waals surface area contributed by atoms with Gasteiger partial charge >= 0.3 is 0 Å². The standard InChI is InChI=1S/C66H41N3OS2/c1-39-14-5-8-19-47(39)61-52-34-44(45-29-31-49-48-20-9-11-22-56(48)69(57(49)36-45)46-17-3-2-4-18-46)30-32-50(52)62-53-35-42-15-6-7-16-43(42)37-60(53)72-65(62)54(61)38-55-63(41-27-25-40(26-28-41)59-24-13-33-71-59)68-66-64(67-55)51-21-10-12-23-58(51)70-66/h2-37H,38H2,1H3. The fraction of sp³-hybridized carbons (Fsp3) is 0.0303. The average Bonchev–Trinajstić information content (AvgIpc) is 4.25. The summed E-state index contributed by atoms with van der Waals surface area (Å²) in [7, 11) is 0. The van der Waals surface area contributed by atoms with E-state index in [1.54, 1.807) is 11.3 Å². The molecule has 0 aliphatic heterocycles. The molecule has 0 saturated carbocycles. The van der Waals surface area contributed by atoms with E-state index in [9.17, 15) is 0 Å². The van der Waals surface area contributed by atoms with Crippen molar-refractivity contribution in [2.24, 2.45) is 0 Å². The van der Waals surface area contributed by atoms with E-state index in [0.29, 0.717) is 12.1 Å². The summed E-state index contributed by atoms with van der Waals surface area (Å²) in [6, 6.07) is 77.4. The number of fused-ring (bicyclic) bond motifs is 12. The maximum atomic E-state index is 6.48. The first-order chi connectivity index (χ1) is 35.6. The van der Waals surface area contributed by atoms with Crippen LogP contribution in [0.5, 0.6) is 0 Å². The van der Waals surface area contributed by atoms with Gasteiger partial charge in [0.05, 0.1) is 22.4 Å². The third-order valence-electron chi connectivity index (χ3n) is 14.7. The molecule has 0 spiro atoms. The fourth-order valence-corrected chi connectivity index (χ4v) is 13.4. The van der Waals surface area contributed by atoms with Crippen molar-refractivity contribution < 1.29 is 4.42 Å². The molecule has 0 aliphatic rings. The molecule has 0 aliphatic carbocycles. The first-order valence-corrected chi connectivity index (χ1v) is 26.1. The summed E-state index contributed by atoms with van der Waals surface area (Å²) in [4.78, 5) is 12.3. The Bertz CT molecular complexity index is 4660. The Hall–Kier alpha value is -8.68. The fourth-order valence-electron chi connectivity index (χ4n) is 11.3. The Labute approximate surface area is 422 Å². The molecule has 0 radical (unpaired) electrons. The number of benzene rings is 10. The lowest BCUT2D eigenvalue weighted by molar-refractivity contribution is 0.653. The van der Waals surface area contributed by atoms with E-state index in [4.69, 9.17) is 14.4 Å². The number of para-hydroxylation sites is 3. The van der Waals surface area contributed by atoms with Crippen molar-refractivity contribution in [3.63, 3.8) is 0 Å². The molecule has 6 heteroatoms. The number of hydrogen-bond acceptors (Lipinski definition) is 5. The van der Waals surface area contributed by atoms with Crippen LogP contribution in [0.3, 0.4) is 0 Å². The molecule has 0 bridgehead atoms. The minimum Gasteiger partial charge on any atom is -0.436 e. The average molecular weight is 956 g/mol. The van der Waals surface area contributed by atoms with Crippen LogP contribution >= 0.6 is 22.7 Å². The van der Waals surface area contributed by atoms with E-state index in [0.717, 1.165) is 44.7 Å². The number of thiophene rings is 2. The molecule has 5 aromatic heterocycles. The molecule has 10 aromatic carbocycles. The van der Waals surface area contributed by atoms with Crippen molar-refractivity contribution in [3.05, 3.63) is 235 Å². The van der Waals surface area contributed by atoms with Crippen molar-refractivity contribution in [3.8, 4) is 49.6 Å². The first kappa shape index (κ1) is 41.1. The number of furan rings is 1. The van der Waals surface area contributed by atoms with Crippen LogP contribution < -0.4 is 0 Å². The highest BCUT2D eigenvalue weighted by Crippen LogP contribution is 2.50. The Balaban J connectivity index is 1.03. The summed E-state index contributed by atoms with van der Waals surface area (Å²) in [6.45, 7) is 2.25. The predicted molar refractivity (Wildman–Crippen MR) is 305 cm³/mol. The van der Waals surface area contributed by atoms with Gasteiger partial charge in [0.1, 0.15) is 11.1 Å². The summed E-state index contributed by atoms with van der Waals surface area (Å²) in [5.74, 6) is 0. The molecule has 0 amide bonds. The van der Waals surface area contributed by atoms with Crippen LogP contribution in [0.1, 0.15) is 16.8 Å². The van der Waals surface area contributed by atoms with Crippen LogP contribution in [-0.4, -0.2) is 14.5 Å². The van der Waals surface area contributed by atoms with Crippen molar-refractivity contribution in [1.29, 1.82) is 0 Å². The zero-order valence-corrected chi connectivity index (χ0v) is 40.7. The molecule has 338 valence electrons. The molecule has 5 heterocycles. The minimum absolute atomic E-state index is 0.542. The zero-order valence-electron chi connectivity index (χ0n) is 39.1. The second kappa shape index (κ2) is 16.2. The van der Waals surface area contributed by atoms with E-state index in [1.165, 1.54) is 102 Å². The van der Waals surface area contributed by atoms with Gasteiger partial charge in [0, 0.05) is 58.9 Å². The second-order valence-corrected chi connectivity index (χ2v) is 20.9. The van der Waals surface area contributed by atoms with Crippen molar-refractivity contribution >= 4 is 108 Å². The smallest absolute Gasteiger partial charge is 0.246 e. The third-order valence-corrected chi connectivity index (χ3v) is 16.9. The van der Waals surface area contributed by atoms with E-state index in [2.05, 4.69) is 217 Å². The number of rotatable bonds is 7. The maximum absolute atomic E-state index is 6.48. The molecule has 0 saturated heterocycles. The molecular weight excluding hydrogens is 915 g/mol. The van der Waals surface area contributed by atoms with Crippen LogP contribution in [0, 0.1) is 6.92 Å². The van der Waals surface area contributed by atoms with Crippen LogP contribution in [0.2, 0.25) is 0 Å². The van der Waals surface area contributed by atoms with Gasteiger partial charge in [-0.1, -0.05) is 152 Å². The predicted octanol–water partition coefficient (Wildman–Crippen LogP) is 18.8. The van der Waals surface area contributed by atoms with Gasteiger partial charge in [-0.05, 0) is 133 Å².